The molecule has 62 valence electrons. The Morgan fingerprint density at radius 2 is 0.818 bits per heavy atom. The van der Waals surface area contributed by atoms with Crippen LogP contribution in [0.3, 0.4) is 0 Å². The molecule has 0 aliphatic heterocycles. The van der Waals surface area contributed by atoms with Crippen molar-refractivity contribution in [1.82, 2.24) is 0 Å². The van der Waals surface area contributed by atoms with E-state index in [0.717, 1.165) is 0 Å². The molecule has 0 fully saturated rings. The van der Waals surface area contributed by atoms with Crippen LogP contribution in [0.1, 0.15) is 0 Å². The number of hydrogen-bond acceptors (Lipinski definition) is 8. The van der Waals surface area contributed by atoms with Gasteiger partial charge in [0, 0.05) is 0 Å². The molecule has 0 saturated heterocycles. The van der Waals surface area contributed by atoms with Gasteiger partial charge in [-0.3, -0.25) is 0 Å². The zero-order valence-corrected chi connectivity index (χ0v) is 11.6. The molecule has 11 heteroatoms. The summed E-state index contributed by atoms with van der Waals surface area (Å²) in [6.07, 6.45) is 0. The first-order valence-corrected chi connectivity index (χ1v) is 8.32. The van der Waals surface area contributed by atoms with Crippen molar-refractivity contribution in [1.29, 1.82) is 0 Å². The summed E-state index contributed by atoms with van der Waals surface area (Å²) in [6.45, 7) is 0. The normalized spacial score (nSPS) is 5.27. The zero-order chi connectivity index (χ0) is 9.86. The summed E-state index contributed by atoms with van der Waals surface area (Å²) in [5.41, 5.74) is 0. The average Bonchev–Trinajstić information content (AvgIpc) is 1.60. The first-order valence-electron chi connectivity index (χ1n) is 1.50. The molecule has 0 radical (unpaired) electrons. The van der Waals surface area contributed by atoms with Gasteiger partial charge in [-0.25, -0.2) is 0 Å². The molecule has 0 aliphatic rings. The molecule has 0 aliphatic carbocycles. The molecule has 8 nitrogen and oxygen atoms in total. The van der Waals surface area contributed by atoms with E-state index in [0.29, 0.717) is 0 Å². The van der Waals surface area contributed by atoms with E-state index in [1.165, 1.54) is 0 Å². The zero-order valence-electron chi connectivity index (χ0n) is 4.66. The van der Waals surface area contributed by atoms with Crippen LogP contribution >= 0.6 is 0 Å². The van der Waals surface area contributed by atoms with Crippen LogP contribution in [0.4, 0.5) is 0 Å². The van der Waals surface area contributed by atoms with Crippen LogP contribution in [0.2, 0.25) is 0 Å². The monoisotopic (exact) mass is 468 g/mol. The number of hydrogen-bond donors (Lipinski definition) is 0. The maximum absolute atomic E-state index is 8.58. The SMILES string of the molecule is [O]=[U+2]=[O].[O]=[V](=[O])[O-].[O]=[V](=[O])[O-]. The molecule has 11 heavy (non-hydrogen) atoms. The molecule has 0 aromatic rings. The summed E-state index contributed by atoms with van der Waals surface area (Å²) in [5.74, 6) is 0. The van der Waals surface area contributed by atoms with E-state index in [2.05, 4.69) is 0 Å². The Labute approximate surface area is 84.9 Å². The van der Waals surface area contributed by atoms with Gasteiger partial charge < -0.3 is 0 Å². The Kier molecular flexibility index (Phi) is 27.9. The molecule has 0 rings (SSSR count). The molecule has 0 aromatic heterocycles. The van der Waals surface area contributed by atoms with Crippen molar-refractivity contribution >= 4 is 0 Å². The molecule has 0 amide bonds. The molecule has 0 spiro atoms. The van der Waals surface area contributed by atoms with Crippen molar-refractivity contribution in [3.05, 3.63) is 0 Å². The van der Waals surface area contributed by atoms with Crippen LogP contribution in [0.5, 0.6) is 0 Å². The minimum absolute atomic E-state index is 2.51. The Morgan fingerprint density at radius 1 is 0.818 bits per heavy atom. The Bertz CT molecular complexity index is 190. The second-order valence-electron chi connectivity index (χ2n) is 0.531. The van der Waals surface area contributed by atoms with Crippen molar-refractivity contribution in [2.45, 2.75) is 0 Å². The van der Waals surface area contributed by atoms with E-state index in [-0.39, 0.29) is 0 Å². The maximum atomic E-state index is 8.58. The van der Waals surface area contributed by atoms with E-state index < -0.39 is 58.6 Å². The van der Waals surface area contributed by atoms with Crippen molar-refractivity contribution < 1.29 is 85.9 Å². The van der Waals surface area contributed by atoms with Crippen molar-refractivity contribution in [3.8, 4) is 0 Å². The third kappa shape index (κ3) is 988. The second-order valence-corrected chi connectivity index (χ2v) is 2.62. The Balaban J connectivity index is -0.0000000886. The first kappa shape index (κ1) is 17.9. The second kappa shape index (κ2) is 17.1. The van der Waals surface area contributed by atoms with Crippen LogP contribution < -0.4 is 8.06 Å². The molecular formula is O8UV2. The Morgan fingerprint density at radius 3 is 0.818 bits per heavy atom. The van der Waals surface area contributed by atoms with Gasteiger partial charge in [0.25, 0.3) is 0 Å². The molecule has 0 bridgehead atoms. The minimum atomic E-state index is -3.94. The predicted octanol–water partition coefficient (Wildman–Crippen LogP) is -3.10. The van der Waals surface area contributed by atoms with Gasteiger partial charge in [-0.05, 0) is 0 Å². The van der Waals surface area contributed by atoms with Crippen molar-refractivity contribution in [3.63, 3.8) is 0 Å². The fraction of sp³-hybridized carbons (Fsp3) is 0. The van der Waals surface area contributed by atoms with Crippen LogP contribution in [0.25, 0.3) is 0 Å². The topological polar surface area (TPSA) is 149 Å². The number of rotatable bonds is 0. The first-order chi connectivity index (χ1) is 4.88. The summed E-state index contributed by atoms with van der Waals surface area (Å²) in [7, 11) is 0. The molecule has 0 aromatic carbocycles. The summed E-state index contributed by atoms with van der Waals surface area (Å²) >= 11 is -10.4. The molecule has 0 N–H and O–H groups in total. The fourth-order valence-electron chi connectivity index (χ4n) is 0. The summed E-state index contributed by atoms with van der Waals surface area (Å²) in [5, 5.41) is 0. The van der Waals surface area contributed by atoms with Crippen LogP contribution in [0.15, 0.2) is 0 Å². The van der Waals surface area contributed by atoms with E-state index >= 15 is 0 Å². The van der Waals surface area contributed by atoms with Gasteiger partial charge in [0.2, 0.25) is 0 Å². The van der Waals surface area contributed by atoms with E-state index in [1.807, 2.05) is 0 Å². The van der Waals surface area contributed by atoms with Crippen LogP contribution in [-0.2, 0) is 50.0 Å². The van der Waals surface area contributed by atoms with Crippen molar-refractivity contribution in [2.75, 3.05) is 0 Å². The molecular weight excluding hydrogens is 468 g/mol. The Hall–Kier alpha value is 0.941. The van der Waals surface area contributed by atoms with Gasteiger partial charge in [0.1, 0.15) is 0 Å². The third-order valence-corrected chi connectivity index (χ3v) is 0. The third-order valence-electron chi connectivity index (χ3n) is 0. The van der Waals surface area contributed by atoms with Gasteiger partial charge in [-0.1, -0.05) is 0 Å². The quantitative estimate of drug-likeness (QED) is 0.364. The van der Waals surface area contributed by atoms with Gasteiger partial charge in [-0.15, -0.1) is 0 Å². The molecule has 0 unspecified atom stereocenters. The molecule has 0 atom stereocenters. The summed E-state index contributed by atoms with van der Waals surface area (Å²) in [6, 6.07) is 0. The van der Waals surface area contributed by atoms with Crippen LogP contribution in [0, 0.1) is 27.8 Å². The van der Waals surface area contributed by atoms with E-state index in [9.17, 15) is 0 Å². The standard InChI is InChI=1S/8O.U.2V/q;;;;;;2*-1;+2;;. The fourth-order valence-corrected chi connectivity index (χ4v) is 0. The molecule has 0 saturated carbocycles. The summed E-state index contributed by atoms with van der Waals surface area (Å²) < 4.78 is 68.5. The average molecular weight is 468 g/mol. The van der Waals surface area contributed by atoms with Gasteiger partial charge in [-0.2, -0.15) is 0 Å². The van der Waals surface area contributed by atoms with Gasteiger partial charge in [0.05, 0.1) is 0 Å². The van der Waals surface area contributed by atoms with E-state index in [1.54, 1.807) is 0 Å². The van der Waals surface area contributed by atoms with Crippen LogP contribution in [-0.4, -0.2) is 0 Å². The van der Waals surface area contributed by atoms with Crippen molar-refractivity contribution in [2.24, 2.45) is 0 Å². The van der Waals surface area contributed by atoms with Gasteiger partial charge >= 0.3 is 85.9 Å². The summed E-state index contributed by atoms with van der Waals surface area (Å²) in [4.78, 5) is 0. The van der Waals surface area contributed by atoms with E-state index in [4.69, 9.17) is 27.2 Å². The molecule has 0 heterocycles. The predicted molar refractivity (Wildman–Crippen MR) is 4.12 cm³/mol. The van der Waals surface area contributed by atoms with Gasteiger partial charge in [0.15, 0.2) is 0 Å².